The monoisotopic (exact) mass is 474 g/mol. The predicted molar refractivity (Wildman–Crippen MR) is 125 cm³/mol. The molecule has 0 spiro atoms. The van der Waals surface area contributed by atoms with Crippen molar-refractivity contribution in [2.24, 2.45) is 0 Å². The highest BCUT2D eigenvalue weighted by Crippen LogP contribution is 2.35. The molecule has 1 aliphatic heterocycles. The highest BCUT2D eigenvalue weighted by Gasteiger charge is 2.36. The number of carbonyl (C=O) groups excluding carboxylic acids is 1. The standard InChI is InChI=1S/C24H30N2O6S/c1-30-22-13-12-19(16-23(22)31-2)33(28,29)26(18-8-4-3-5-9-18)17-24(27)25-14-15-32-21-11-7-6-10-20(21)25/h6-7,10-13,16,18H,3-5,8-9,14-15,17H2,1-2H3. The molecule has 1 saturated carbocycles. The van der Waals surface area contributed by atoms with Gasteiger partial charge in [-0.15, -0.1) is 0 Å². The molecule has 33 heavy (non-hydrogen) atoms. The van der Waals surface area contributed by atoms with Gasteiger partial charge in [-0.1, -0.05) is 31.4 Å². The maximum atomic E-state index is 13.8. The van der Waals surface area contributed by atoms with Gasteiger partial charge in [-0.2, -0.15) is 4.31 Å². The maximum Gasteiger partial charge on any atom is 0.243 e. The van der Waals surface area contributed by atoms with Gasteiger partial charge in [0, 0.05) is 12.1 Å². The van der Waals surface area contributed by atoms with Crippen molar-refractivity contribution in [3.8, 4) is 17.2 Å². The van der Waals surface area contributed by atoms with Gasteiger partial charge in [-0.25, -0.2) is 8.42 Å². The number of para-hydroxylation sites is 2. The molecule has 1 fully saturated rings. The van der Waals surface area contributed by atoms with E-state index in [1.165, 1.54) is 30.7 Å². The summed E-state index contributed by atoms with van der Waals surface area (Å²) >= 11 is 0. The van der Waals surface area contributed by atoms with Crippen molar-refractivity contribution >= 4 is 21.6 Å². The van der Waals surface area contributed by atoms with Gasteiger partial charge in [-0.05, 0) is 37.1 Å². The minimum absolute atomic E-state index is 0.0842. The number of rotatable bonds is 7. The Labute approximate surface area is 195 Å². The van der Waals surface area contributed by atoms with Crippen molar-refractivity contribution in [1.29, 1.82) is 0 Å². The van der Waals surface area contributed by atoms with Crippen LogP contribution in [0.1, 0.15) is 32.1 Å². The molecule has 2 aromatic rings. The summed E-state index contributed by atoms with van der Waals surface area (Å²) in [4.78, 5) is 15.1. The van der Waals surface area contributed by atoms with Crippen molar-refractivity contribution in [3.63, 3.8) is 0 Å². The van der Waals surface area contributed by atoms with Crippen molar-refractivity contribution < 1.29 is 27.4 Å². The minimum Gasteiger partial charge on any atom is -0.493 e. The fourth-order valence-electron chi connectivity index (χ4n) is 4.54. The summed E-state index contributed by atoms with van der Waals surface area (Å²) in [6.07, 6.45) is 4.43. The maximum absolute atomic E-state index is 13.8. The Bertz CT molecular complexity index is 1100. The highest BCUT2D eigenvalue weighted by atomic mass is 32.2. The van der Waals surface area contributed by atoms with E-state index in [2.05, 4.69) is 0 Å². The van der Waals surface area contributed by atoms with E-state index in [4.69, 9.17) is 14.2 Å². The number of hydrogen-bond donors (Lipinski definition) is 0. The van der Waals surface area contributed by atoms with E-state index in [0.717, 1.165) is 32.1 Å². The van der Waals surface area contributed by atoms with Crippen LogP contribution in [-0.2, 0) is 14.8 Å². The topological polar surface area (TPSA) is 85.4 Å². The Morgan fingerprint density at radius 1 is 1.06 bits per heavy atom. The zero-order valence-electron chi connectivity index (χ0n) is 19.0. The van der Waals surface area contributed by atoms with E-state index >= 15 is 0 Å². The third-order valence-electron chi connectivity index (χ3n) is 6.26. The molecule has 4 rings (SSSR count). The van der Waals surface area contributed by atoms with Gasteiger partial charge in [0.15, 0.2) is 11.5 Å². The number of methoxy groups -OCH3 is 2. The fourth-order valence-corrected chi connectivity index (χ4v) is 6.19. The van der Waals surface area contributed by atoms with Gasteiger partial charge >= 0.3 is 0 Å². The van der Waals surface area contributed by atoms with E-state index in [0.29, 0.717) is 36.1 Å². The summed E-state index contributed by atoms with van der Waals surface area (Å²) in [5.41, 5.74) is 0.667. The molecule has 2 aliphatic rings. The summed E-state index contributed by atoms with van der Waals surface area (Å²) < 4.78 is 45.2. The Morgan fingerprint density at radius 3 is 2.52 bits per heavy atom. The van der Waals surface area contributed by atoms with Crippen LogP contribution in [0.5, 0.6) is 17.2 Å². The molecule has 0 saturated heterocycles. The Morgan fingerprint density at radius 2 is 1.79 bits per heavy atom. The molecule has 0 aromatic heterocycles. The van der Waals surface area contributed by atoms with Gasteiger partial charge in [0.25, 0.3) is 0 Å². The van der Waals surface area contributed by atoms with Gasteiger partial charge in [0.2, 0.25) is 15.9 Å². The first-order chi connectivity index (χ1) is 16.0. The molecular weight excluding hydrogens is 444 g/mol. The van der Waals surface area contributed by atoms with E-state index in [1.54, 1.807) is 11.0 Å². The van der Waals surface area contributed by atoms with Gasteiger partial charge in [0.1, 0.15) is 12.4 Å². The van der Waals surface area contributed by atoms with Crippen molar-refractivity contribution in [3.05, 3.63) is 42.5 Å². The smallest absolute Gasteiger partial charge is 0.243 e. The van der Waals surface area contributed by atoms with Gasteiger partial charge in [0.05, 0.1) is 37.9 Å². The first-order valence-electron chi connectivity index (χ1n) is 11.2. The summed E-state index contributed by atoms with van der Waals surface area (Å²) in [5, 5.41) is 0. The number of hydrogen-bond acceptors (Lipinski definition) is 6. The minimum atomic E-state index is -3.95. The lowest BCUT2D eigenvalue weighted by Crippen LogP contribution is -2.49. The lowest BCUT2D eigenvalue weighted by molar-refractivity contribution is -0.119. The number of fused-ring (bicyclic) bond motifs is 1. The van der Waals surface area contributed by atoms with E-state index in [9.17, 15) is 13.2 Å². The van der Waals surface area contributed by atoms with Crippen LogP contribution in [0.15, 0.2) is 47.4 Å². The lowest BCUT2D eigenvalue weighted by Gasteiger charge is -2.35. The molecule has 0 N–H and O–H groups in total. The number of anilines is 1. The van der Waals surface area contributed by atoms with E-state index in [-0.39, 0.29) is 23.4 Å². The number of nitrogens with zero attached hydrogens (tertiary/aromatic N) is 2. The zero-order valence-corrected chi connectivity index (χ0v) is 19.8. The van der Waals surface area contributed by atoms with Crippen LogP contribution in [0.25, 0.3) is 0 Å². The number of sulfonamides is 1. The highest BCUT2D eigenvalue weighted by molar-refractivity contribution is 7.89. The molecule has 8 nitrogen and oxygen atoms in total. The predicted octanol–water partition coefficient (Wildman–Crippen LogP) is 3.45. The second kappa shape index (κ2) is 10.0. The summed E-state index contributed by atoms with van der Waals surface area (Å²) in [6, 6.07) is 11.6. The van der Waals surface area contributed by atoms with E-state index in [1.807, 2.05) is 24.3 Å². The Kier molecular flexibility index (Phi) is 7.09. The second-order valence-corrected chi connectivity index (χ2v) is 10.1. The summed E-state index contributed by atoms with van der Waals surface area (Å²) in [5.74, 6) is 1.14. The van der Waals surface area contributed by atoms with Crippen LogP contribution >= 0.6 is 0 Å². The Hall–Kier alpha value is -2.78. The molecule has 0 bridgehead atoms. The van der Waals surface area contributed by atoms with Crippen LogP contribution in [-0.4, -0.2) is 58.6 Å². The molecule has 178 valence electrons. The van der Waals surface area contributed by atoms with Crippen LogP contribution in [0.4, 0.5) is 5.69 Å². The van der Waals surface area contributed by atoms with Gasteiger partial charge < -0.3 is 19.1 Å². The van der Waals surface area contributed by atoms with E-state index < -0.39 is 10.0 Å². The number of ether oxygens (including phenoxy) is 3. The normalized spacial score (nSPS) is 16.8. The average molecular weight is 475 g/mol. The largest absolute Gasteiger partial charge is 0.493 e. The summed E-state index contributed by atoms with van der Waals surface area (Å²) in [7, 11) is -0.986. The number of amides is 1. The first kappa shape index (κ1) is 23.4. The van der Waals surface area contributed by atoms with Gasteiger partial charge in [-0.3, -0.25) is 4.79 Å². The molecule has 1 aliphatic carbocycles. The molecule has 2 aromatic carbocycles. The third-order valence-corrected chi connectivity index (χ3v) is 8.16. The van der Waals surface area contributed by atoms with Crippen LogP contribution < -0.4 is 19.1 Å². The van der Waals surface area contributed by atoms with Crippen molar-refractivity contribution in [1.82, 2.24) is 4.31 Å². The van der Waals surface area contributed by atoms with Crippen molar-refractivity contribution in [2.45, 2.75) is 43.0 Å². The lowest BCUT2D eigenvalue weighted by atomic mass is 9.95. The molecule has 9 heteroatoms. The zero-order chi connectivity index (χ0) is 23.4. The van der Waals surface area contributed by atoms with Crippen LogP contribution in [0.3, 0.4) is 0 Å². The van der Waals surface area contributed by atoms with Crippen LogP contribution in [0, 0.1) is 0 Å². The van der Waals surface area contributed by atoms with Crippen LogP contribution in [0.2, 0.25) is 0 Å². The molecule has 0 unspecified atom stereocenters. The first-order valence-corrected chi connectivity index (χ1v) is 12.7. The third kappa shape index (κ3) is 4.79. The average Bonchev–Trinajstić information content (AvgIpc) is 2.86. The number of carbonyl (C=O) groups is 1. The molecular formula is C24H30N2O6S. The SMILES string of the molecule is COc1ccc(S(=O)(=O)N(CC(=O)N2CCOc3ccccc32)C2CCCCC2)cc1OC. The quantitative estimate of drug-likeness (QED) is 0.611. The molecule has 1 amide bonds. The summed E-state index contributed by atoms with van der Waals surface area (Å²) in [6.45, 7) is 0.523. The fraction of sp³-hybridized carbons (Fsp3) is 0.458. The molecule has 0 radical (unpaired) electrons. The molecule has 1 heterocycles. The second-order valence-electron chi connectivity index (χ2n) is 8.22. The number of benzene rings is 2. The Balaban J connectivity index is 1.67. The van der Waals surface area contributed by atoms with Crippen molar-refractivity contribution in [2.75, 3.05) is 38.8 Å². The molecule has 0 atom stereocenters.